The SMILES string of the molecule is CCO[SiH](OCC)C(C(C)CC)C12CCC(CC1)C2. The molecule has 0 heterocycles. The van der Waals surface area contributed by atoms with Crippen LogP contribution in [-0.4, -0.2) is 22.5 Å². The van der Waals surface area contributed by atoms with E-state index in [1.54, 1.807) is 0 Å². The Labute approximate surface area is 121 Å². The van der Waals surface area contributed by atoms with Crippen LogP contribution in [-0.2, 0) is 8.85 Å². The Morgan fingerprint density at radius 1 is 1.11 bits per heavy atom. The van der Waals surface area contributed by atoms with Crippen molar-refractivity contribution in [2.24, 2.45) is 17.3 Å². The molecule has 0 aliphatic heterocycles. The van der Waals surface area contributed by atoms with Gasteiger partial charge in [-0.15, -0.1) is 0 Å². The first-order valence-electron chi connectivity index (χ1n) is 8.40. The summed E-state index contributed by atoms with van der Waals surface area (Å²) < 4.78 is 12.3. The van der Waals surface area contributed by atoms with Gasteiger partial charge in [-0.3, -0.25) is 0 Å². The van der Waals surface area contributed by atoms with Crippen molar-refractivity contribution in [2.45, 2.75) is 71.8 Å². The molecular formula is C16H32O2Si. The highest BCUT2D eigenvalue weighted by atomic mass is 28.3. The highest BCUT2D eigenvalue weighted by Gasteiger charge is 2.54. The topological polar surface area (TPSA) is 18.5 Å². The summed E-state index contributed by atoms with van der Waals surface area (Å²) in [6.07, 6.45) is 8.54. The summed E-state index contributed by atoms with van der Waals surface area (Å²) in [6, 6.07) is 0. The van der Waals surface area contributed by atoms with Gasteiger partial charge in [-0.2, -0.15) is 0 Å². The zero-order valence-electron chi connectivity index (χ0n) is 13.3. The Balaban J connectivity index is 2.18. The first-order chi connectivity index (χ1) is 9.16. The van der Waals surface area contributed by atoms with Crippen molar-refractivity contribution in [2.75, 3.05) is 13.2 Å². The third kappa shape index (κ3) is 3.08. The fourth-order valence-corrected chi connectivity index (χ4v) is 7.73. The fourth-order valence-electron chi connectivity index (χ4n) is 4.70. The van der Waals surface area contributed by atoms with Crippen LogP contribution in [0.5, 0.6) is 0 Å². The molecule has 2 rings (SSSR count). The zero-order chi connectivity index (χ0) is 13.9. The van der Waals surface area contributed by atoms with Crippen LogP contribution in [0.1, 0.15) is 66.2 Å². The normalized spacial score (nSPS) is 33.0. The molecule has 0 aromatic carbocycles. The average Bonchev–Trinajstić information content (AvgIpc) is 3.00. The largest absolute Gasteiger partial charge is 0.397 e. The maximum Gasteiger partial charge on any atom is 0.325 e. The summed E-state index contributed by atoms with van der Waals surface area (Å²) in [5, 5.41) is 0. The third-order valence-electron chi connectivity index (χ3n) is 5.72. The van der Waals surface area contributed by atoms with E-state index in [9.17, 15) is 0 Å². The number of fused-ring (bicyclic) bond motifs is 2. The quantitative estimate of drug-likeness (QED) is 0.620. The minimum atomic E-state index is -1.54. The summed E-state index contributed by atoms with van der Waals surface area (Å²) in [5.74, 6) is 1.77. The number of hydrogen-bond donors (Lipinski definition) is 0. The highest BCUT2D eigenvalue weighted by Crippen LogP contribution is 2.63. The lowest BCUT2D eigenvalue weighted by Crippen LogP contribution is -2.41. The fraction of sp³-hybridized carbons (Fsp3) is 1.00. The molecule has 2 aliphatic carbocycles. The van der Waals surface area contributed by atoms with Crippen molar-refractivity contribution in [3.8, 4) is 0 Å². The Morgan fingerprint density at radius 2 is 1.68 bits per heavy atom. The van der Waals surface area contributed by atoms with E-state index in [1.807, 2.05) is 0 Å². The molecule has 2 bridgehead atoms. The van der Waals surface area contributed by atoms with Crippen LogP contribution < -0.4 is 0 Å². The lowest BCUT2D eigenvalue weighted by molar-refractivity contribution is 0.138. The molecule has 2 aliphatic rings. The van der Waals surface area contributed by atoms with Gasteiger partial charge in [-0.25, -0.2) is 0 Å². The minimum absolute atomic E-state index is 0.585. The molecule has 2 saturated carbocycles. The smallest absolute Gasteiger partial charge is 0.325 e. The van der Waals surface area contributed by atoms with Crippen molar-refractivity contribution < 1.29 is 8.85 Å². The Kier molecular flexibility index (Phi) is 5.50. The molecule has 0 spiro atoms. The summed E-state index contributed by atoms with van der Waals surface area (Å²) in [6.45, 7) is 10.7. The molecule has 0 radical (unpaired) electrons. The molecule has 112 valence electrons. The van der Waals surface area contributed by atoms with Gasteiger partial charge in [0.15, 0.2) is 0 Å². The van der Waals surface area contributed by atoms with Crippen LogP contribution in [0.2, 0.25) is 5.54 Å². The van der Waals surface area contributed by atoms with Crippen LogP contribution in [0.3, 0.4) is 0 Å². The first kappa shape index (κ1) is 15.5. The predicted molar refractivity (Wildman–Crippen MR) is 82.6 cm³/mol. The monoisotopic (exact) mass is 284 g/mol. The Hall–Kier alpha value is 0.137. The van der Waals surface area contributed by atoms with E-state index in [2.05, 4.69) is 27.7 Å². The van der Waals surface area contributed by atoms with Gasteiger partial charge in [-0.1, -0.05) is 20.3 Å². The lowest BCUT2D eigenvalue weighted by Gasteiger charge is -2.42. The van der Waals surface area contributed by atoms with Crippen molar-refractivity contribution in [3.63, 3.8) is 0 Å². The second-order valence-electron chi connectivity index (χ2n) is 6.70. The van der Waals surface area contributed by atoms with E-state index in [-0.39, 0.29) is 0 Å². The minimum Gasteiger partial charge on any atom is -0.397 e. The van der Waals surface area contributed by atoms with E-state index in [0.29, 0.717) is 5.41 Å². The van der Waals surface area contributed by atoms with Gasteiger partial charge in [-0.05, 0) is 63.2 Å². The third-order valence-corrected chi connectivity index (χ3v) is 8.99. The van der Waals surface area contributed by atoms with Crippen LogP contribution in [0.15, 0.2) is 0 Å². The molecule has 2 fully saturated rings. The molecule has 0 N–H and O–H groups in total. The van der Waals surface area contributed by atoms with Crippen molar-refractivity contribution >= 4 is 9.28 Å². The highest BCUT2D eigenvalue weighted by molar-refractivity contribution is 6.46. The summed E-state index contributed by atoms with van der Waals surface area (Å²) >= 11 is 0. The molecule has 3 heteroatoms. The van der Waals surface area contributed by atoms with Crippen LogP contribution in [0.25, 0.3) is 0 Å². The van der Waals surface area contributed by atoms with Crippen molar-refractivity contribution in [1.82, 2.24) is 0 Å². The Bertz CT molecular complexity index is 268. The maximum atomic E-state index is 6.14. The predicted octanol–water partition coefficient (Wildman–Crippen LogP) is 4.28. The lowest BCUT2D eigenvalue weighted by atomic mass is 9.76. The van der Waals surface area contributed by atoms with E-state index >= 15 is 0 Å². The molecule has 2 nitrogen and oxygen atoms in total. The van der Waals surface area contributed by atoms with E-state index in [1.165, 1.54) is 38.5 Å². The summed E-state index contributed by atoms with van der Waals surface area (Å²) in [5.41, 5.74) is 1.31. The standard InChI is InChI=1S/C16H32O2Si/c1-5-13(4)15(19(17-6-2)18-7-3)16-10-8-14(12-16)9-11-16/h13-15,19H,5-12H2,1-4H3. The molecular weight excluding hydrogens is 252 g/mol. The summed E-state index contributed by atoms with van der Waals surface area (Å²) in [7, 11) is -1.54. The van der Waals surface area contributed by atoms with Gasteiger partial charge in [0.25, 0.3) is 0 Å². The molecule has 2 atom stereocenters. The summed E-state index contributed by atoms with van der Waals surface area (Å²) in [4.78, 5) is 0. The second-order valence-corrected chi connectivity index (χ2v) is 8.82. The van der Waals surface area contributed by atoms with Crippen LogP contribution in [0.4, 0.5) is 0 Å². The van der Waals surface area contributed by atoms with Gasteiger partial charge in [0.05, 0.1) is 0 Å². The van der Waals surface area contributed by atoms with Crippen molar-refractivity contribution in [1.29, 1.82) is 0 Å². The number of hydrogen-bond acceptors (Lipinski definition) is 2. The molecule has 2 unspecified atom stereocenters. The van der Waals surface area contributed by atoms with Crippen molar-refractivity contribution in [3.05, 3.63) is 0 Å². The molecule has 0 aromatic rings. The zero-order valence-corrected chi connectivity index (χ0v) is 14.4. The second kappa shape index (κ2) is 6.73. The Morgan fingerprint density at radius 3 is 2.05 bits per heavy atom. The van der Waals surface area contributed by atoms with Gasteiger partial charge >= 0.3 is 9.28 Å². The maximum absolute atomic E-state index is 6.14. The first-order valence-corrected chi connectivity index (χ1v) is 10.0. The molecule has 0 saturated heterocycles. The van der Waals surface area contributed by atoms with Gasteiger partial charge in [0.2, 0.25) is 0 Å². The van der Waals surface area contributed by atoms with Gasteiger partial charge in [0.1, 0.15) is 0 Å². The number of rotatable bonds is 8. The average molecular weight is 285 g/mol. The van der Waals surface area contributed by atoms with Crippen LogP contribution >= 0.6 is 0 Å². The van der Waals surface area contributed by atoms with Gasteiger partial charge in [0, 0.05) is 18.8 Å². The van der Waals surface area contributed by atoms with E-state index < -0.39 is 9.28 Å². The molecule has 0 amide bonds. The van der Waals surface area contributed by atoms with E-state index in [0.717, 1.165) is 30.6 Å². The van der Waals surface area contributed by atoms with E-state index in [4.69, 9.17) is 8.85 Å². The van der Waals surface area contributed by atoms with Crippen LogP contribution in [0, 0.1) is 17.3 Å². The molecule has 0 aromatic heterocycles. The van der Waals surface area contributed by atoms with Gasteiger partial charge < -0.3 is 8.85 Å². The molecule has 19 heavy (non-hydrogen) atoms.